The highest BCUT2D eigenvalue weighted by molar-refractivity contribution is 7.98. The van der Waals surface area contributed by atoms with Gasteiger partial charge in [-0.3, -0.25) is 14.3 Å². The zero-order valence-corrected chi connectivity index (χ0v) is 23.5. The van der Waals surface area contributed by atoms with Gasteiger partial charge in [-0.2, -0.15) is 0 Å². The smallest absolute Gasteiger partial charge is 0.410 e. The van der Waals surface area contributed by atoms with Crippen molar-refractivity contribution in [2.45, 2.75) is 64.5 Å². The number of amides is 2. The van der Waals surface area contributed by atoms with E-state index in [0.29, 0.717) is 34.2 Å². The standard InChI is InChI=1S/C25H30ClN7O3S/c1-14(2)33-21(29-30-23(33)37-7)17-9-8-10-20(28-17)32-12-16-15(22(32)34)11-19(26)27-18(16)13-31(6)24(35)36-25(3,4)5/h8-11,14H,12-13H2,1-7H3. The molecule has 10 nitrogen and oxygen atoms in total. The Hall–Kier alpha value is -3.18. The number of carbonyl (C=O) groups is 2. The molecule has 0 radical (unpaired) electrons. The molecule has 0 atom stereocenters. The highest BCUT2D eigenvalue weighted by atomic mass is 35.5. The van der Waals surface area contributed by atoms with Gasteiger partial charge in [0.25, 0.3) is 5.91 Å². The second-order valence-electron chi connectivity index (χ2n) is 10.0. The van der Waals surface area contributed by atoms with Crippen LogP contribution in [0.1, 0.15) is 62.3 Å². The number of halogens is 1. The first kappa shape index (κ1) is 26.9. The van der Waals surface area contributed by atoms with E-state index in [0.717, 1.165) is 5.16 Å². The summed E-state index contributed by atoms with van der Waals surface area (Å²) in [4.78, 5) is 38.1. The number of pyridine rings is 2. The summed E-state index contributed by atoms with van der Waals surface area (Å²) >= 11 is 7.79. The second kappa shape index (κ2) is 10.3. The van der Waals surface area contributed by atoms with E-state index in [-0.39, 0.29) is 30.2 Å². The molecule has 1 aliphatic rings. The van der Waals surface area contributed by atoms with Crippen molar-refractivity contribution in [2.24, 2.45) is 0 Å². The molecule has 3 aromatic heterocycles. The molecule has 4 rings (SSSR count). The van der Waals surface area contributed by atoms with Gasteiger partial charge in [-0.25, -0.2) is 14.8 Å². The number of ether oxygens (including phenoxy) is 1. The normalized spacial score (nSPS) is 13.3. The summed E-state index contributed by atoms with van der Waals surface area (Å²) in [6.45, 7) is 9.92. The minimum Gasteiger partial charge on any atom is -0.444 e. The van der Waals surface area contributed by atoms with E-state index >= 15 is 0 Å². The third kappa shape index (κ3) is 5.57. The van der Waals surface area contributed by atoms with Crippen LogP contribution in [0.15, 0.2) is 29.4 Å². The first-order valence-electron chi connectivity index (χ1n) is 11.8. The van der Waals surface area contributed by atoms with Gasteiger partial charge in [0.15, 0.2) is 11.0 Å². The van der Waals surface area contributed by atoms with Gasteiger partial charge in [-0.15, -0.1) is 10.2 Å². The third-order valence-corrected chi connectivity index (χ3v) is 6.50. The molecule has 4 heterocycles. The van der Waals surface area contributed by atoms with E-state index in [1.807, 2.05) is 23.0 Å². The highest BCUT2D eigenvalue weighted by Crippen LogP contribution is 2.33. The van der Waals surface area contributed by atoms with Gasteiger partial charge < -0.3 is 9.64 Å². The van der Waals surface area contributed by atoms with Crippen molar-refractivity contribution in [1.82, 2.24) is 29.6 Å². The predicted octanol–water partition coefficient (Wildman–Crippen LogP) is 5.22. The molecule has 0 aromatic carbocycles. The maximum atomic E-state index is 13.4. The summed E-state index contributed by atoms with van der Waals surface area (Å²) < 4.78 is 7.47. The van der Waals surface area contributed by atoms with Crippen molar-refractivity contribution in [3.63, 3.8) is 0 Å². The predicted molar refractivity (Wildman–Crippen MR) is 143 cm³/mol. The Labute approximate surface area is 225 Å². The molecule has 1 aliphatic heterocycles. The molecule has 2 amide bonds. The largest absolute Gasteiger partial charge is 0.444 e. The number of carbonyl (C=O) groups excluding carboxylic acids is 2. The van der Waals surface area contributed by atoms with Crippen LogP contribution < -0.4 is 4.90 Å². The summed E-state index contributed by atoms with van der Waals surface area (Å²) in [6, 6.07) is 7.16. The van der Waals surface area contributed by atoms with Crippen molar-refractivity contribution >= 4 is 41.2 Å². The van der Waals surface area contributed by atoms with Gasteiger partial charge in [-0.05, 0) is 59.1 Å². The van der Waals surface area contributed by atoms with Gasteiger partial charge >= 0.3 is 6.09 Å². The third-order valence-electron chi connectivity index (χ3n) is 5.67. The topological polar surface area (TPSA) is 106 Å². The lowest BCUT2D eigenvalue weighted by molar-refractivity contribution is 0.0282. The monoisotopic (exact) mass is 543 g/mol. The summed E-state index contributed by atoms with van der Waals surface area (Å²) in [5.74, 6) is 0.875. The number of hydrogen-bond acceptors (Lipinski definition) is 8. The maximum absolute atomic E-state index is 13.4. The van der Waals surface area contributed by atoms with Gasteiger partial charge in [0, 0.05) is 24.2 Å². The van der Waals surface area contributed by atoms with Gasteiger partial charge in [-0.1, -0.05) is 29.4 Å². The molecule has 0 fully saturated rings. The van der Waals surface area contributed by atoms with E-state index in [2.05, 4.69) is 29.0 Å². The molecular formula is C25H30ClN7O3S. The summed E-state index contributed by atoms with van der Waals surface area (Å²) in [5.41, 5.74) is 1.66. The quantitative estimate of drug-likeness (QED) is 0.308. The van der Waals surface area contributed by atoms with Crippen LogP contribution in [0.3, 0.4) is 0 Å². The average Bonchev–Trinajstić information content (AvgIpc) is 3.40. The number of rotatable bonds is 6. The fourth-order valence-electron chi connectivity index (χ4n) is 4.03. The fourth-order valence-corrected chi connectivity index (χ4v) is 4.86. The van der Waals surface area contributed by atoms with Crippen LogP contribution >= 0.6 is 23.4 Å². The summed E-state index contributed by atoms with van der Waals surface area (Å²) in [7, 11) is 1.62. The van der Waals surface area contributed by atoms with Crippen LogP contribution in [0.2, 0.25) is 5.15 Å². The molecular weight excluding hydrogens is 514 g/mol. The second-order valence-corrected chi connectivity index (χ2v) is 11.2. The van der Waals surface area contributed by atoms with Crippen LogP contribution in [-0.4, -0.2) is 60.5 Å². The van der Waals surface area contributed by atoms with Crippen molar-refractivity contribution < 1.29 is 14.3 Å². The molecule has 12 heteroatoms. The lowest BCUT2D eigenvalue weighted by atomic mass is 10.1. The minimum absolute atomic E-state index is 0.133. The van der Waals surface area contributed by atoms with Crippen molar-refractivity contribution in [2.75, 3.05) is 18.2 Å². The number of fused-ring (bicyclic) bond motifs is 1. The van der Waals surface area contributed by atoms with E-state index < -0.39 is 11.7 Å². The molecule has 0 bridgehead atoms. The summed E-state index contributed by atoms with van der Waals surface area (Å²) in [6.07, 6.45) is 1.46. The van der Waals surface area contributed by atoms with Crippen LogP contribution in [0.4, 0.5) is 10.6 Å². The molecule has 0 unspecified atom stereocenters. The fraction of sp³-hybridized carbons (Fsp3) is 0.440. The number of nitrogens with zero attached hydrogens (tertiary/aromatic N) is 7. The van der Waals surface area contributed by atoms with Crippen molar-refractivity contribution in [3.05, 3.63) is 46.2 Å². The Morgan fingerprint density at radius 1 is 1.24 bits per heavy atom. The number of anilines is 1. The Morgan fingerprint density at radius 3 is 2.62 bits per heavy atom. The number of aromatic nitrogens is 5. The van der Waals surface area contributed by atoms with E-state index in [1.165, 1.54) is 16.7 Å². The Morgan fingerprint density at radius 2 is 1.97 bits per heavy atom. The Kier molecular flexibility index (Phi) is 7.48. The van der Waals surface area contributed by atoms with Crippen LogP contribution in [-0.2, 0) is 17.8 Å². The Balaban J connectivity index is 1.65. The first-order valence-corrected chi connectivity index (χ1v) is 13.4. The SMILES string of the molecule is CSc1nnc(-c2cccc(N3Cc4c(cc(Cl)nc4CN(C)C(=O)OC(C)(C)C)C3=O)n2)n1C(C)C. The van der Waals surface area contributed by atoms with E-state index in [9.17, 15) is 9.59 Å². The molecule has 0 saturated carbocycles. The number of thioether (sulfide) groups is 1. The maximum Gasteiger partial charge on any atom is 0.410 e. The van der Waals surface area contributed by atoms with Gasteiger partial charge in [0.2, 0.25) is 0 Å². The van der Waals surface area contributed by atoms with Crippen LogP contribution in [0.25, 0.3) is 11.5 Å². The zero-order chi connectivity index (χ0) is 27.1. The minimum atomic E-state index is -0.630. The highest BCUT2D eigenvalue weighted by Gasteiger charge is 2.34. The van der Waals surface area contributed by atoms with Gasteiger partial charge in [0.1, 0.15) is 22.3 Å². The van der Waals surface area contributed by atoms with Crippen molar-refractivity contribution in [3.8, 4) is 11.5 Å². The molecule has 0 spiro atoms. The van der Waals surface area contributed by atoms with Gasteiger partial charge in [0.05, 0.1) is 18.8 Å². The summed E-state index contributed by atoms with van der Waals surface area (Å²) in [5, 5.41) is 9.61. The molecule has 3 aromatic rings. The number of hydrogen-bond donors (Lipinski definition) is 0. The zero-order valence-electron chi connectivity index (χ0n) is 21.9. The molecule has 0 aliphatic carbocycles. The van der Waals surface area contributed by atoms with Crippen LogP contribution in [0.5, 0.6) is 0 Å². The molecule has 0 N–H and O–H groups in total. The molecule has 196 valence electrons. The average molecular weight is 544 g/mol. The Bertz CT molecular complexity index is 1350. The lowest BCUT2D eigenvalue weighted by Gasteiger charge is -2.25. The molecule has 0 saturated heterocycles. The molecule has 37 heavy (non-hydrogen) atoms. The van der Waals surface area contributed by atoms with E-state index in [4.69, 9.17) is 21.3 Å². The first-order chi connectivity index (χ1) is 17.4. The lowest BCUT2D eigenvalue weighted by Crippen LogP contribution is -2.34. The van der Waals surface area contributed by atoms with Crippen LogP contribution in [0, 0.1) is 0 Å². The van der Waals surface area contributed by atoms with E-state index in [1.54, 1.807) is 44.9 Å². The van der Waals surface area contributed by atoms with Crippen molar-refractivity contribution in [1.29, 1.82) is 0 Å².